The van der Waals surface area contributed by atoms with E-state index in [0.717, 1.165) is 25.9 Å². The molecule has 1 N–H and O–H groups in total. The maximum atomic E-state index is 11.4. The third-order valence-corrected chi connectivity index (χ3v) is 3.59. The Morgan fingerprint density at radius 2 is 2.29 bits per heavy atom. The number of nitrogens with zero attached hydrogens (tertiary/aromatic N) is 2. The summed E-state index contributed by atoms with van der Waals surface area (Å²) in [6, 6.07) is 5.63. The second-order valence-electron chi connectivity index (χ2n) is 5.72. The first-order valence-corrected chi connectivity index (χ1v) is 7.37. The Bertz CT molecular complexity index is 499. The number of benzene rings is 1. The standard InChI is InChI=1S/C15H23N3O3/c1-11(2)21-14-8-4-7-13(15(14)18(19)20)17(3)10-12-6-5-9-16-12/h4,7-8,11-12,16H,5-6,9-10H2,1-3H3. The van der Waals surface area contributed by atoms with Gasteiger partial charge in [0.1, 0.15) is 5.69 Å². The summed E-state index contributed by atoms with van der Waals surface area (Å²) < 4.78 is 5.58. The molecule has 116 valence electrons. The van der Waals surface area contributed by atoms with Crippen molar-refractivity contribution in [3.8, 4) is 5.75 Å². The molecule has 1 heterocycles. The van der Waals surface area contributed by atoms with Gasteiger partial charge in [-0.05, 0) is 45.4 Å². The van der Waals surface area contributed by atoms with E-state index in [4.69, 9.17) is 4.74 Å². The summed E-state index contributed by atoms with van der Waals surface area (Å²) >= 11 is 0. The molecule has 21 heavy (non-hydrogen) atoms. The summed E-state index contributed by atoms with van der Waals surface area (Å²) in [5, 5.41) is 14.9. The summed E-state index contributed by atoms with van der Waals surface area (Å²) in [6.45, 7) is 5.51. The second kappa shape index (κ2) is 6.76. The highest BCUT2D eigenvalue weighted by atomic mass is 16.6. The molecule has 1 unspecified atom stereocenters. The Hall–Kier alpha value is -1.82. The van der Waals surface area contributed by atoms with Crippen LogP contribution in [-0.4, -0.2) is 37.2 Å². The van der Waals surface area contributed by atoms with Gasteiger partial charge >= 0.3 is 5.69 Å². The van der Waals surface area contributed by atoms with E-state index in [1.807, 2.05) is 25.8 Å². The van der Waals surface area contributed by atoms with Gasteiger partial charge in [0, 0.05) is 19.6 Å². The summed E-state index contributed by atoms with van der Waals surface area (Å²) in [6.07, 6.45) is 2.18. The molecule has 1 saturated heterocycles. The number of nitro benzene ring substituents is 1. The molecule has 0 aromatic heterocycles. The largest absolute Gasteiger partial charge is 0.484 e. The van der Waals surface area contributed by atoms with Crippen LogP contribution < -0.4 is 15.0 Å². The van der Waals surface area contributed by atoms with Crippen LogP contribution >= 0.6 is 0 Å². The monoisotopic (exact) mass is 293 g/mol. The number of hydrogen-bond donors (Lipinski definition) is 1. The smallest absolute Gasteiger partial charge is 0.333 e. The lowest BCUT2D eigenvalue weighted by Crippen LogP contribution is -2.35. The lowest BCUT2D eigenvalue weighted by Gasteiger charge is -2.24. The number of hydrogen-bond acceptors (Lipinski definition) is 5. The molecule has 1 aliphatic rings. The van der Waals surface area contributed by atoms with Gasteiger partial charge in [-0.3, -0.25) is 10.1 Å². The van der Waals surface area contributed by atoms with Crippen LogP contribution in [0.3, 0.4) is 0 Å². The van der Waals surface area contributed by atoms with Crippen molar-refractivity contribution in [2.75, 3.05) is 25.0 Å². The van der Waals surface area contributed by atoms with Crippen LogP contribution in [0.15, 0.2) is 18.2 Å². The Balaban J connectivity index is 2.26. The van der Waals surface area contributed by atoms with Crippen molar-refractivity contribution in [3.05, 3.63) is 28.3 Å². The fourth-order valence-electron chi connectivity index (χ4n) is 2.69. The van der Waals surface area contributed by atoms with Gasteiger partial charge in [0.15, 0.2) is 5.75 Å². The van der Waals surface area contributed by atoms with Crippen LogP contribution in [0.5, 0.6) is 5.75 Å². The highest BCUT2D eigenvalue weighted by Crippen LogP contribution is 2.37. The van der Waals surface area contributed by atoms with Gasteiger partial charge in [-0.15, -0.1) is 0 Å². The van der Waals surface area contributed by atoms with Crippen LogP contribution in [0, 0.1) is 10.1 Å². The summed E-state index contributed by atoms with van der Waals surface area (Å²) in [4.78, 5) is 13.0. The van der Waals surface area contributed by atoms with Crippen molar-refractivity contribution in [2.24, 2.45) is 0 Å². The maximum absolute atomic E-state index is 11.4. The topological polar surface area (TPSA) is 67.6 Å². The molecule has 0 aliphatic carbocycles. The Morgan fingerprint density at radius 1 is 1.52 bits per heavy atom. The molecule has 0 saturated carbocycles. The quantitative estimate of drug-likeness (QED) is 0.645. The first kappa shape index (κ1) is 15.6. The number of para-hydroxylation sites is 1. The van der Waals surface area contributed by atoms with E-state index < -0.39 is 0 Å². The van der Waals surface area contributed by atoms with Crippen LogP contribution in [0.1, 0.15) is 26.7 Å². The molecule has 6 heteroatoms. The van der Waals surface area contributed by atoms with Crippen LogP contribution in [0.4, 0.5) is 11.4 Å². The van der Waals surface area contributed by atoms with Crippen molar-refractivity contribution in [1.82, 2.24) is 5.32 Å². The Morgan fingerprint density at radius 3 is 2.86 bits per heavy atom. The van der Waals surface area contributed by atoms with E-state index in [1.54, 1.807) is 18.2 Å². The lowest BCUT2D eigenvalue weighted by atomic mass is 10.2. The molecule has 1 fully saturated rings. The minimum Gasteiger partial charge on any atom is -0.484 e. The van der Waals surface area contributed by atoms with Crippen LogP contribution in [-0.2, 0) is 0 Å². The molecule has 1 aromatic carbocycles. The predicted octanol–water partition coefficient (Wildman–Crippen LogP) is 2.57. The highest BCUT2D eigenvalue weighted by Gasteiger charge is 2.26. The zero-order valence-electron chi connectivity index (χ0n) is 12.8. The fraction of sp³-hybridized carbons (Fsp3) is 0.600. The number of anilines is 1. The van der Waals surface area contributed by atoms with Gasteiger partial charge in [-0.25, -0.2) is 0 Å². The van der Waals surface area contributed by atoms with Crippen LogP contribution in [0.25, 0.3) is 0 Å². The summed E-state index contributed by atoms with van der Waals surface area (Å²) in [7, 11) is 1.89. The van der Waals surface area contributed by atoms with E-state index in [0.29, 0.717) is 17.5 Å². The van der Waals surface area contributed by atoms with Gasteiger partial charge < -0.3 is 15.0 Å². The number of nitrogens with one attached hydrogen (secondary N) is 1. The Labute approximate surface area is 125 Å². The van der Waals surface area contributed by atoms with Gasteiger partial charge in [0.25, 0.3) is 0 Å². The number of ether oxygens (including phenoxy) is 1. The SMILES string of the molecule is CC(C)Oc1cccc(N(C)CC2CCCN2)c1[N+](=O)[O-]. The van der Waals surface area contributed by atoms with Crippen molar-refractivity contribution in [1.29, 1.82) is 0 Å². The maximum Gasteiger partial charge on any atom is 0.333 e. The zero-order chi connectivity index (χ0) is 15.4. The molecule has 0 bridgehead atoms. The Kier molecular flexibility index (Phi) is 5.01. The van der Waals surface area contributed by atoms with Crippen LogP contribution in [0.2, 0.25) is 0 Å². The molecule has 0 amide bonds. The van der Waals surface area contributed by atoms with Crippen molar-refractivity contribution < 1.29 is 9.66 Å². The van der Waals surface area contributed by atoms with Gasteiger partial charge in [0.2, 0.25) is 0 Å². The molecule has 1 aromatic rings. The first-order chi connectivity index (χ1) is 9.99. The third kappa shape index (κ3) is 3.85. The van der Waals surface area contributed by atoms with E-state index >= 15 is 0 Å². The second-order valence-corrected chi connectivity index (χ2v) is 5.72. The fourth-order valence-corrected chi connectivity index (χ4v) is 2.69. The zero-order valence-corrected chi connectivity index (χ0v) is 12.8. The van der Waals surface area contributed by atoms with Gasteiger partial charge in [0.05, 0.1) is 11.0 Å². The highest BCUT2D eigenvalue weighted by molar-refractivity contribution is 5.69. The molecule has 0 radical (unpaired) electrons. The summed E-state index contributed by atoms with van der Waals surface area (Å²) in [5.41, 5.74) is 0.651. The summed E-state index contributed by atoms with van der Waals surface area (Å²) in [5.74, 6) is 0.332. The average Bonchev–Trinajstić information content (AvgIpc) is 2.90. The molecular weight excluding hydrogens is 270 g/mol. The molecule has 1 atom stereocenters. The van der Waals surface area contributed by atoms with Gasteiger partial charge in [-0.2, -0.15) is 0 Å². The molecule has 6 nitrogen and oxygen atoms in total. The van der Waals surface area contributed by atoms with Crippen molar-refractivity contribution >= 4 is 11.4 Å². The van der Waals surface area contributed by atoms with E-state index in [2.05, 4.69) is 5.32 Å². The van der Waals surface area contributed by atoms with E-state index in [-0.39, 0.29) is 16.7 Å². The first-order valence-electron chi connectivity index (χ1n) is 7.37. The molecular formula is C15H23N3O3. The normalized spacial score (nSPS) is 18.0. The molecule has 1 aliphatic heterocycles. The lowest BCUT2D eigenvalue weighted by molar-refractivity contribution is -0.385. The van der Waals surface area contributed by atoms with E-state index in [9.17, 15) is 10.1 Å². The molecule has 0 spiro atoms. The minimum absolute atomic E-state index is 0.0479. The number of rotatable bonds is 6. The van der Waals surface area contributed by atoms with Crippen molar-refractivity contribution in [2.45, 2.75) is 38.8 Å². The average molecular weight is 293 g/mol. The number of nitro groups is 1. The predicted molar refractivity (Wildman–Crippen MR) is 83.2 cm³/mol. The third-order valence-electron chi connectivity index (χ3n) is 3.59. The molecule has 2 rings (SSSR count). The van der Waals surface area contributed by atoms with E-state index in [1.165, 1.54) is 0 Å². The van der Waals surface area contributed by atoms with Gasteiger partial charge in [-0.1, -0.05) is 6.07 Å². The number of likely N-dealkylation sites (N-methyl/N-ethyl adjacent to an activating group) is 1. The van der Waals surface area contributed by atoms with Crippen molar-refractivity contribution in [3.63, 3.8) is 0 Å². The minimum atomic E-state index is -0.356.